The van der Waals surface area contributed by atoms with Crippen LogP contribution in [-0.4, -0.2) is 43.0 Å². The van der Waals surface area contributed by atoms with E-state index in [0.717, 1.165) is 23.7 Å². The van der Waals surface area contributed by atoms with Crippen LogP contribution in [-0.2, 0) is 14.0 Å². The van der Waals surface area contributed by atoms with Crippen molar-refractivity contribution in [2.45, 2.75) is 91.3 Å². The summed E-state index contributed by atoms with van der Waals surface area (Å²) < 4.78 is 11.7. The highest BCUT2D eigenvalue weighted by Gasteiger charge is 2.54. The lowest BCUT2D eigenvalue weighted by Gasteiger charge is -2.47. The van der Waals surface area contributed by atoms with Crippen molar-refractivity contribution in [3.63, 3.8) is 0 Å². The standard InChI is InChI=1S/C18H33NO4Si/c1-9-24(10-2,11-3)23-15-14(12-13(4)5)19(16(15)20)17(21)22-18(6,7)8/h12,14-15H,9-11H2,1-8H3/t14-,15+/m0/s1. The summed E-state index contributed by atoms with van der Waals surface area (Å²) in [6, 6.07) is 2.54. The summed E-state index contributed by atoms with van der Waals surface area (Å²) in [5.41, 5.74) is 0.416. The smallest absolute Gasteiger partial charge is 0.417 e. The van der Waals surface area contributed by atoms with Crippen LogP contribution in [0.25, 0.3) is 0 Å². The molecule has 0 aromatic heterocycles. The molecule has 0 saturated carbocycles. The Morgan fingerprint density at radius 2 is 1.67 bits per heavy atom. The van der Waals surface area contributed by atoms with Crippen LogP contribution in [0.4, 0.5) is 4.79 Å². The molecule has 1 fully saturated rings. The molecule has 1 aliphatic rings. The Morgan fingerprint density at radius 1 is 1.17 bits per heavy atom. The van der Waals surface area contributed by atoms with E-state index in [0.29, 0.717) is 0 Å². The minimum atomic E-state index is -1.92. The molecule has 0 aromatic rings. The van der Waals surface area contributed by atoms with E-state index in [-0.39, 0.29) is 11.9 Å². The fourth-order valence-corrected chi connectivity index (χ4v) is 5.68. The molecule has 2 atom stereocenters. The summed E-state index contributed by atoms with van der Waals surface area (Å²) in [4.78, 5) is 26.2. The van der Waals surface area contributed by atoms with Crippen LogP contribution in [0.3, 0.4) is 0 Å². The number of imide groups is 1. The van der Waals surface area contributed by atoms with Gasteiger partial charge < -0.3 is 9.16 Å². The lowest BCUT2D eigenvalue weighted by atomic mass is 9.97. The molecule has 0 aromatic carbocycles. The fourth-order valence-electron chi connectivity index (χ4n) is 2.90. The molecule has 1 heterocycles. The van der Waals surface area contributed by atoms with E-state index in [1.807, 2.05) is 19.9 Å². The molecule has 0 bridgehead atoms. The SMILES string of the molecule is CC[Si](CC)(CC)O[C@H]1C(=O)N(C(=O)OC(C)(C)C)[C@H]1C=C(C)C. The van der Waals surface area contributed by atoms with E-state index in [1.54, 1.807) is 20.8 Å². The molecule has 0 unspecified atom stereocenters. The van der Waals surface area contributed by atoms with Crippen molar-refractivity contribution in [1.29, 1.82) is 0 Å². The number of hydrogen-bond donors (Lipinski definition) is 0. The molecule has 0 aliphatic carbocycles. The van der Waals surface area contributed by atoms with Gasteiger partial charge in [-0.05, 0) is 52.8 Å². The molecule has 0 spiro atoms. The number of hydrogen-bond acceptors (Lipinski definition) is 4. The zero-order chi connectivity index (χ0) is 18.7. The Kier molecular flexibility index (Phi) is 6.81. The Bertz CT molecular complexity index is 493. The number of carbonyl (C=O) groups is 2. The molecule has 6 heteroatoms. The Hall–Kier alpha value is -1.14. The molecule has 0 N–H and O–H groups in total. The van der Waals surface area contributed by atoms with Gasteiger partial charge in [0.1, 0.15) is 11.7 Å². The number of rotatable bonds is 6. The summed E-state index contributed by atoms with van der Waals surface area (Å²) in [5.74, 6) is -0.279. The Balaban J connectivity index is 3.02. The van der Waals surface area contributed by atoms with E-state index >= 15 is 0 Å². The van der Waals surface area contributed by atoms with Crippen LogP contribution >= 0.6 is 0 Å². The van der Waals surface area contributed by atoms with Crippen molar-refractivity contribution < 1.29 is 18.8 Å². The number of likely N-dealkylation sites (tertiary alicyclic amines) is 1. The van der Waals surface area contributed by atoms with Gasteiger partial charge in [-0.15, -0.1) is 0 Å². The van der Waals surface area contributed by atoms with Crippen molar-refractivity contribution in [3.8, 4) is 0 Å². The van der Waals surface area contributed by atoms with Crippen molar-refractivity contribution in [1.82, 2.24) is 4.90 Å². The maximum atomic E-state index is 12.6. The van der Waals surface area contributed by atoms with Crippen LogP contribution in [0.5, 0.6) is 0 Å². The molecule has 2 amide bonds. The van der Waals surface area contributed by atoms with Crippen molar-refractivity contribution in [2.24, 2.45) is 0 Å². The number of ether oxygens (including phenoxy) is 1. The number of β-lactam (4-membered cyclic amide) rings is 1. The van der Waals surface area contributed by atoms with Crippen molar-refractivity contribution in [3.05, 3.63) is 11.6 Å². The highest BCUT2D eigenvalue weighted by molar-refractivity contribution is 6.73. The molecule has 1 aliphatic heterocycles. The Morgan fingerprint density at radius 3 is 2.04 bits per heavy atom. The van der Waals surface area contributed by atoms with Crippen LogP contribution in [0.15, 0.2) is 11.6 Å². The first kappa shape index (κ1) is 20.9. The first-order chi connectivity index (χ1) is 11.0. The summed E-state index contributed by atoms with van der Waals surface area (Å²) in [5, 5.41) is 0. The van der Waals surface area contributed by atoms with Gasteiger partial charge in [-0.2, -0.15) is 0 Å². The fraction of sp³-hybridized carbons (Fsp3) is 0.778. The summed E-state index contributed by atoms with van der Waals surface area (Å²) >= 11 is 0. The van der Waals surface area contributed by atoms with E-state index < -0.39 is 26.1 Å². The van der Waals surface area contributed by atoms with Crippen LogP contribution in [0.2, 0.25) is 18.1 Å². The molecule has 0 radical (unpaired) electrons. The minimum absolute atomic E-state index is 0.279. The molecular weight excluding hydrogens is 322 g/mol. The quantitative estimate of drug-likeness (QED) is 0.400. The highest BCUT2D eigenvalue weighted by Crippen LogP contribution is 2.33. The number of carbonyl (C=O) groups excluding carboxylic acids is 2. The molecule has 138 valence electrons. The van der Waals surface area contributed by atoms with E-state index in [2.05, 4.69) is 20.8 Å². The van der Waals surface area contributed by atoms with Gasteiger partial charge in [-0.1, -0.05) is 32.4 Å². The van der Waals surface area contributed by atoms with Crippen molar-refractivity contribution >= 4 is 20.3 Å². The van der Waals surface area contributed by atoms with Crippen LogP contribution in [0, 0.1) is 0 Å². The molecule has 1 rings (SSSR count). The maximum absolute atomic E-state index is 12.6. The van der Waals surface area contributed by atoms with E-state index in [4.69, 9.17) is 9.16 Å². The van der Waals surface area contributed by atoms with Gasteiger partial charge >= 0.3 is 6.09 Å². The monoisotopic (exact) mass is 355 g/mol. The zero-order valence-corrected chi connectivity index (χ0v) is 17.4. The number of amides is 2. The topological polar surface area (TPSA) is 55.8 Å². The van der Waals surface area contributed by atoms with Crippen LogP contribution in [0.1, 0.15) is 55.4 Å². The molecular formula is C18H33NO4Si. The zero-order valence-electron chi connectivity index (χ0n) is 16.4. The predicted molar refractivity (Wildman–Crippen MR) is 98.4 cm³/mol. The summed E-state index contributed by atoms with van der Waals surface area (Å²) in [7, 11) is -1.92. The lowest BCUT2D eigenvalue weighted by molar-refractivity contribution is -0.157. The third kappa shape index (κ3) is 4.69. The lowest BCUT2D eigenvalue weighted by Crippen LogP contribution is -2.69. The summed E-state index contributed by atoms with van der Waals surface area (Å²) in [6.07, 6.45) is 0.779. The maximum Gasteiger partial charge on any atom is 0.417 e. The predicted octanol–water partition coefficient (Wildman–Crippen LogP) is 4.49. The average molecular weight is 356 g/mol. The third-order valence-electron chi connectivity index (χ3n) is 4.49. The number of nitrogens with zero attached hydrogens (tertiary/aromatic N) is 1. The first-order valence-electron chi connectivity index (χ1n) is 8.89. The van der Waals surface area contributed by atoms with Gasteiger partial charge in [0.2, 0.25) is 0 Å². The van der Waals surface area contributed by atoms with Gasteiger partial charge in [0, 0.05) is 0 Å². The average Bonchev–Trinajstić information content (AvgIpc) is 2.46. The first-order valence-corrected chi connectivity index (χ1v) is 11.4. The van der Waals surface area contributed by atoms with Crippen LogP contribution < -0.4 is 0 Å². The van der Waals surface area contributed by atoms with E-state index in [1.165, 1.54) is 4.90 Å². The molecule has 1 saturated heterocycles. The normalized spacial score (nSPS) is 21.3. The minimum Gasteiger partial charge on any atom is -0.443 e. The third-order valence-corrected chi connectivity index (χ3v) is 9.11. The second-order valence-corrected chi connectivity index (χ2v) is 12.4. The van der Waals surface area contributed by atoms with Gasteiger partial charge in [-0.3, -0.25) is 4.79 Å². The van der Waals surface area contributed by atoms with Gasteiger partial charge in [0.25, 0.3) is 5.91 Å². The number of allylic oxidation sites excluding steroid dienone is 1. The summed E-state index contributed by atoms with van der Waals surface area (Å²) in [6.45, 7) is 15.7. The largest absolute Gasteiger partial charge is 0.443 e. The van der Waals surface area contributed by atoms with Gasteiger partial charge in [-0.25, -0.2) is 9.69 Å². The van der Waals surface area contributed by atoms with E-state index in [9.17, 15) is 9.59 Å². The highest BCUT2D eigenvalue weighted by atomic mass is 28.4. The second kappa shape index (κ2) is 7.83. The second-order valence-electron chi connectivity index (χ2n) is 7.71. The molecule has 24 heavy (non-hydrogen) atoms. The Labute approximate surface area is 147 Å². The van der Waals surface area contributed by atoms with Gasteiger partial charge in [0.05, 0.1) is 6.04 Å². The van der Waals surface area contributed by atoms with Gasteiger partial charge in [0.15, 0.2) is 8.32 Å². The molecule has 5 nitrogen and oxygen atoms in total. The van der Waals surface area contributed by atoms with Crippen molar-refractivity contribution in [2.75, 3.05) is 0 Å².